The number of esters is 1. The molecule has 0 aromatic carbocycles. The van der Waals surface area contributed by atoms with E-state index in [1.165, 1.54) is 12.8 Å². The third-order valence-corrected chi connectivity index (χ3v) is 2.61. The van der Waals surface area contributed by atoms with Crippen molar-refractivity contribution in [3.8, 4) is 0 Å². The second-order valence-electron chi connectivity index (χ2n) is 3.56. The van der Waals surface area contributed by atoms with Gasteiger partial charge in [-0.2, -0.15) is 0 Å². The van der Waals surface area contributed by atoms with Gasteiger partial charge in [-0.3, -0.25) is 4.79 Å². The Labute approximate surface area is 60.6 Å². The van der Waals surface area contributed by atoms with Crippen molar-refractivity contribution in [3.05, 3.63) is 0 Å². The molecule has 0 aromatic rings. The van der Waals surface area contributed by atoms with Crippen LogP contribution in [0.1, 0.15) is 32.6 Å². The standard InChI is InChI=1S/C8H12O2/c1-8(6-2-3-6)5-4-7(9)10-8/h6H,2-5H2,1H3. The van der Waals surface area contributed by atoms with E-state index >= 15 is 0 Å². The molecule has 1 aliphatic carbocycles. The molecule has 1 atom stereocenters. The third kappa shape index (κ3) is 0.825. The highest BCUT2D eigenvalue weighted by atomic mass is 16.6. The first-order valence-corrected chi connectivity index (χ1v) is 3.92. The molecule has 1 heterocycles. The Hall–Kier alpha value is -0.530. The minimum absolute atomic E-state index is 0.00519. The second-order valence-corrected chi connectivity index (χ2v) is 3.56. The zero-order valence-electron chi connectivity index (χ0n) is 6.22. The van der Waals surface area contributed by atoms with Gasteiger partial charge in [0.05, 0.1) is 0 Å². The van der Waals surface area contributed by atoms with Gasteiger partial charge in [0, 0.05) is 6.42 Å². The van der Waals surface area contributed by atoms with Gasteiger partial charge in [-0.05, 0) is 32.1 Å². The maximum Gasteiger partial charge on any atom is 0.306 e. The molecule has 1 unspecified atom stereocenters. The highest BCUT2D eigenvalue weighted by molar-refractivity contribution is 5.72. The predicted octanol–water partition coefficient (Wildman–Crippen LogP) is 1.49. The molecule has 0 N–H and O–H groups in total. The van der Waals surface area contributed by atoms with Gasteiger partial charge in [0.15, 0.2) is 0 Å². The average molecular weight is 140 g/mol. The number of ether oxygens (including phenoxy) is 1. The van der Waals surface area contributed by atoms with Crippen molar-refractivity contribution < 1.29 is 9.53 Å². The lowest BCUT2D eigenvalue weighted by Crippen LogP contribution is -2.26. The van der Waals surface area contributed by atoms with E-state index in [-0.39, 0.29) is 11.6 Å². The molecule has 2 fully saturated rings. The smallest absolute Gasteiger partial charge is 0.306 e. The van der Waals surface area contributed by atoms with Crippen LogP contribution in [-0.2, 0) is 9.53 Å². The first-order valence-electron chi connectivity index (χ1n) is 3.92. The quantitative estimate of drug-likeness (QED) is 0.516. The summed E-state index contributed by atoms with van der Waals surface area (Å²) in [5.41, 5.74) is -0.0723. The van der Waals surface area contributed by atoms with Crippen molar-refractivity contribution >= 4 is 5.97 Å². The molecule has 0 spiro atoms. The van der Waals surface area contributed by atoms with Crippen LogP contribution in [0.25, 0.3) is 0 Å². The zero-order valence-corrected chi connectivity index (χ0v) is 6.22. The van der Waals surface area contributed by atoms with Crippen LogP contribution in [0, 0.1) is 5.92 Å². The van der Waals surface area contributed by atoms with Crippen LogP contribution < -0.4 is 0 Å². The van der Waals surface area contributed by atoms with Gasteiger partial charge in [0.25, 0.3) is 0 Å². The molecule has 1 saturated carbocycles. The predicted molar refractivity (Wildman–Crippen MR) is 36.5 cm³/mol. The van der Waals surface area contributed by atoms with E-state index in [0.29, 0.717) is 12.3 Å². The molecule has 0 aromatic heterocycles. The number of hydrogen-bond acceptors (Lipinski definition) is 2. The Bertz CT molecular complexity index is 172. The molecule has 56 valence electrons. The van der Waals surface area contributed by atoms with Crippen LogP contribution in [0.4, 0.5) is 0 Å². The van der Waals surface area contributed by atoms with Gasteiger partial charge in [0.1, 0.15) is 5.60 Å². The lowest BCUT2D eigenvalue weighted by molar-refractivity contribution is -0.148. The van der Waals surface area contributed by atoms with E-state index in [1.807, 2.05) is 0 Å². The van der Waals surface area contributed by atoms with Gasteiger partial charge < -0.3 is 4.74 Å². The monoisotopic (exact) mass is 140 g/mol. The Morgan fingerprint density at radius 3 is 2.70 bits per heavy atom. The Kier molecular flexibility index (Phi) is 1.08. The first kappa shape index (κ1) is 6.20. The van der Waals surface area contributed by atoms with Crippen LogP contribution in [-0.4, -0.2) is 11.6 Å². The number of cyclic esters (lactones) is 1. The Balaban J connectivity index is 2.08. The normalized spacial score (nSPS) is 39.9. The summed E-state index contributed by atoms with van der Waals surface area (Å²) < 4.78 is 5.23. The van der Waals surface area contributed by atoms with E-state index in [0.717, 1.165) is 6.42 Å². The average Bonchev–Trinajstić information content (AvgIpc) is 2.62. The maximum atomic E-state index is 10.8. The van der Waals surface area contributed by atoms with Crippen LogP contribution in [0.3, 0.4) is 0 Å². The Morgan fingerprint density at radius 1 is 1.60 bits per heavy atom. The van der Waals surface area contributed by atoms with Crippen LogP contribution >= 0.6 is 0 Å². The van der Waals surface area contributed by atoms with Crippen molar-refractivity contribution in [1.29, 1.82) is 0 Å². The second kappa shape index (κ2) is 1.74. The molecule has 10 heavy (non-hydrogen) atoms. The fraction of sp³-hybridized carbons (Fsp3) is 0.875. The summed E-state index contributed by atoms with van der Waals surface area (Å²) in [5, 5.41) is 0. The molecule has 2 heteroatoms. The maximum absolute atomic E-state index is 10.8. The summed E-state index contributed by atoms with van der Waals surface area (Å²) in [6.07, 6.45) is 4.08. The molecular weight excluding hydrogens is 128 g/mol. The van der Waals surface area contributed by atoms with Crippen LogP contribution in [0.5, 0.6) is 0 Å². The zero-order chi connectivity index (χ0) is 7.19. The minimum atomic E-state index is -0.0723. The molecule has 2 aliphatic rings. The SMILES string of the molecule is CC1(C2CC2)CCC(=O)O1. The summed E-state index contributed by atoms with van der Waals surface area (Å²) in [5.74, 6) is 0.674. The summed E-state index contributed by atoms with van der Waals surface area (Å²) in [7, 11) is 0. The molecule has 0 radical (unpaired) electrons. The van der Waals surface area contributed by atoms with Crippen molar-refractivity contribution in [2.75, 3.05) is 0 Å². The highest BCUT2D eigenvalue weighted by Gasteiger charge is 2.47. The summed E-state index contributed by atoms with van der Waals surface area (Å²) in [4.78, 5) is 10.8. The lowest BCUT2D eigenvalue weighted by Gasteiger charge is -2.21. The number of rotatable bonds is 1. The summed E-state index contributed by atoms with van der Waals surface area (Å²) >= 11 is 0. The molecule has 1 saturated heterocycles. The van der Waals surface area contributed by atoms with E-state index in [1.54, 1.807) is 0 Å². The van der Waals surface area contributed by atoms with Crippen LogP contribution in [0.2, 0.25) is 0 Å². The molecular formula is C8H12O2. The van der Waals surface area contributed by atoms with E-state index in [9.17, 15) is 4.79 Å². The topological polar surface area (TPSA) is 26.3 Å². The van der Waals surface area contributed by atoms with Gasteiger partial charge in [-0.1, -0.05) is 0 Å². The van der Waals surface area contributed by atoms with E-state index < -0.39 is 0 Å². The fourth-order valence-corrected chi connectivity index (χ4v) is 1.69. The lowest BCUT2D eigenvalue weighted by atomic mass is 9.97. The van der Waals surface area contributed by atoms with Crippen molar-refractivity contribution in [3.63, 3.8) is 0 Å². The molecule has 2 nitrogen and oxygen atoms in total. The van der Waals surface area contributed by atoms with E-state index in [2.05, 4.69) is 6.92 Å². The van der Waals surface area contributed by atoms with Gasteiger partial charge in [0.2, 0.25) is 0 Å². The van der Waals surface area contributed by atoms with Gasteiger partial charge in [-0.25, -0.2) is 0 Å². The van der Waals surface area contributed by atoms with E-state index in [4.69, 9.17) is 4.74 Å². The van der Waals surface area contributed by atoms with Crippen molar-refractivity contribution in [2.24, 2.45) is 5.92 Å². The number of carbonyl (C=O) groups excluding carboxylic acids is 1. The fourth-order valence-electron chi connectivity index (χ4n) is 1.69. The summed E-state index contributed by atoms with van der Waals surface area (Å²) in [6, 6.07) is 0. The minimum Gasteiger partial charge on any atom is -0.459 e. The molecule has 0 bridgehead atoms. The van der Waals surface area contributed by atoms with Gasteiger partial charge >= 0.3 is 5.97 Å². The summed E-state index contributed by atoms with van der Waals surface area (Å²) in [6.45, 7) is 2.07. The van der Waals surface area contributed by atoms with Crippen LogP contribution in [0.15, 0.2) is 0 Å². The third-order valence-electron chi connectivity index (χ3n) is 2.61. The molecule has 1 aliphatic heterocycles. The molecule has 0 amide bonds. The van der Waals surface area contributed by atoms with Crippen molar-refractivity contribution in [1.82, 2.24) is 0 Å². The van der Waals surface area contributed by atoms with Crippen molar-refractivity contribution in [2.45, 2.75) is 38.2 Å². The Morgan fingerprint density at radius 2 is 2.30 bits per heavy atom. The largest absolute Gasteiger partial charge is 0.459 e. The van der Waals surface area contributed by atoms with Gasteiger partial charge in [-0.15, -0.1) is 0 Å². The molecule has 2 rings (SSSR count). The first-order chi connectivity index (χ1) is 4.71. The number of hydrogen-bond donors (Lipinski definition) is 0. The number of carbonyl (C=O) groups is 1. The highest BCUT2D eigenvalue weighted by Crippen LogP contribution is 2.46.